The van der Waals surface area contributed by atoms with Gasteiger partial charge in [0.05, 0.1) is 0 Å². The fourth-order valence-electron chi connectivity index (χ4n) is 0.905. The Morgan fingerprint density at radius 3 is 2.67 bits per heavy atom. The van der Waals surface area contributed by atoms with Crippen LogP contribution in [0.2, 0.25) is 5.02 Å². The van der Waals surface area contributed by atoms with Crippen molar-refractivity contribution in [1.82, 2.24) is 0 Å². The summed E-state index contributed by atoms with van der Waals surface area (Å²) in [6, 6.07) is 7.29. The van der Waals surface area contributed by atoms with Crippen LogP contribution in [0.1, 0.15) is 5.56 Å². The summed E-state index contributed by atoms with van der Waals surface area (Å²) in [6.07, 6.45) is -0.353. The highest BCUT2D eigenvalue weighted by Gasteiger charge is 1.98. The van der Waals surface area contributed by atoms with E-state index in [1.54, 1.807) is 12.1 Å². The molecule has 0 aliphatic rings. The lowest BCUT2D eigenvalue weighted by atomic mass is 10.1. The Morgan fingerprint density at radius 2 is 2.17 bits per heavy atom. The van der Waals surface area contributed by atoms with Crippen LogP contribution < -0.4 is 5.73 Å². The minimum Gasteiger partial charge on any atom is -0.378 e. The Kier molecular flexibility index (Phi) is 5.25. The maximum Gasteiger partial charge on any atom is 0.106 e. The minimum absolute atomic E-state index is 0. The van der Waals surface area contributed by atoms with Crippen molar-refractivity contribution in [3.05, 3.63) is 34.9 Å². The van der Waals surface area contributed by atoms with Gasteiger partial charge in [0.2, 0.25) is 0 Å². The maximum atomic E-state index is 8.83. The summed E-state index contributed by atoms with van der Waals surface area (Å²) in [5, 5.41) is 9.50. The molecule has 0 aliphatic carbocycles. The second-order valence-corrected chi connectivity index (χ2v) is 2.84. The molecule has 0 saturated carbocycles. The van der Waals surface area contributed by atoms with Gasteiger partial charge in [-0.05, 0) is 17.7 Å². The van der Waals surface area contributed by atoms with Crippen LogP contribution in [-0.2, 0) is 6.42 Å². The molecule has 1 unspecified atom stereocenters. The molecule has 4 heteroatoms. The van der Waals surface area contributed by atoms with E-state index in [-0.39, 0.29) is 12.4 Å². The first-order valence-electron chi connectivity index (χ1n) is 3.36. The third-order valence-corrected chi connectivity index (χ3v) is 1.57. The van der Waals surface area contributed by atoms with Gasteiger partial charge in [-0.3, -0.25) is 0 Å². The SMILES string of the molecule is Cl.NC(O)Cc1cccc(Cl)c1. The lowest BCUT2D eigenvalue weighted by Crippen LogP contribution is -2.21. The topological polar surface area (TPSA) is 46.2 Å². The average Bonchev–Trinajstić information content (AvgIpc) is 1.85. The Morgan fingerprint density at radius 1 is 1.50 bits per heavy atom. The van der Waals surface area contributed by atoms with Gasteiger partial charge in [0.25, 0.3) is 0 Å². The summed E-state index contributed by atoms with van der Waals surface area (Å²) in [5.74, 6) is 0. The second-order valence-electron chi connectivity index (χ2n) is 2.40. The molecular weight excluding hydrogens is 197 g/mol. The smallest absolute Gasteiger partial charge is 0.106 e. The van der Waals surface area contributed by atoms with Gasteiger partial charge < -0.3 is 10.8 Å². The van der Waals surface area contributed by atoms with Crippen molar-refractivity contribution >= 4 is 24.0 Å². The fraction of sp³-hybridized carbons (Fsp3) is 0.250. The molecule has 12 heavy (non-hydrogen) atoms. The zero-order valence-electron chi connectivity index (χ0n) is 6.40. The number of rotatable bonds is 2. The zero-order chi connectivity index (χ0) is 8.27. The van der Waals surface area contributed by atoms with E-state index in [1.165, 1.54) is 0 Å². The van der Waals surface area contributed by atoms with Crippen LogP contribution in [0.15, 0.2) is 24.3 Å². The molecule has 1 atom stereocenters. The molecular formula is C8H11Cl2NO. The highest BCUT2D eigenvalue weighted by molar-refractivity contribution is 6.30. The monoisotopic (exact) mass is 207 g/mol. The van der Waals surface area contributed by atoms with Crippen LogP contribution in [0.5, 0.6) is 0 Å². The zero-order valence-corrected chi connectivity index (χ0v) is 7.98. The standard InChI is InChI=1S/C8H10ClNO.ClH/c9-7-3-1-2-6(4-7)5-8(10)11;/h1-4,8,11H,5,10H2;1H. The van der Waals surface area contributed by atoms with Gasteiger partial charge in [-0.1, -0.05) is 23.7 Å². The first-order chi connectivity index (χ1) is 5.18. The normalized spacial score (nSPS) is 11.9. The van der Waals surface area contributed by atoms with Gasteiger partial charge in [-0.15, -0.1) is 12.4 Å². The van der Waals surface area contributed by atoms with Crippen molar-refractivity contribution in [2.24, 2.45) is 5.73 Å². The molecule has 0 aliphatic heterocycles. The predicted octanol–water partition coefficient (Wildman–Crippen LogP) is 1.58. The van der Waals surface area contributed by atoms with Crippen molar-refractivity contribution in [2.75, 3.05) is 0 Å². The first kappa shape index (κ1) is 11.7. The molecule has 0 bridgehead atoms. The lowest BCUT2D eigenvalue weighted by Gasteiger charge is -2.03. The number of aliphatic hydroxyl groups excluding tert-OH is 1. The highest BCUT2D eigenvalue weighted by atomic mass is 35.5. The molecule has 1 aromatic carbocycles. The van der Waals surface area contributed by atoms with Crippen LogP contribution in [0.4, 0.5) is 0 Å². The Hall–Kier alpha value is -0.280. The van der Waals surface area contributed by atoms with E-state index in [0.717, 1.165) is 5.56 Å². The molecule has 0 aromatic heterocycles. The molecule has 1 aromatic rings. The lowest BCUT2D eigenvalue weighted by molar-refractivity contribution is 0.183. The number of hydrogen-bond acceptors (Lipinski definition) is 2. The first-order valence-corrected chi connectivity index (χ1v) is 3.74. The predicted molar refractivity (Wildman–Crippen MR) is 52.6 cm³/mol. The van der Waals surface area contributed by atoms with Crippen molar-refractivity contribution in [3.8, 4) is 0 Å². The average molecular weight is 208 g/mol. The van der Waals surface area contributed by atoms with E-state index in [4.69, 9.17) is 22.4 Å². The van der Waals surface area contributed by atoms with Crippen LogP contribution in [0, 0.1) is 0 Å². The third kappa shape index (κ3) is 3.93. The third-order valence-electron chi connectivity index (χ3n) is 1.33. The summed E-state index contributed by atoms with van der Waals surface area (Å²) >= 11 is 5.71. The van der Waals surface area contributed by atoms with Gasteiger partial charge in [0.15, 0.2) is 0 Å². The van der Waals surface area contributed by atoms with Crippen LogP contribution in [0.3, 0.4) is 0 Å². The molecule has 0 fully saturated rings. The van der Waals surface area contributed by atoms with E-state index in [2.05, 4.69) is 0 Å². The van der Waals surface area contributed by atoms with Gasteiger partial charge >= 0.3 is 0 Å². The number of nitrogens with two attached hydrogens (primary N) is 1. The quantitative estimate of drug-likeness (QED) is 0.725. The Bertz CT molecular complexity index is 240. The van der Waals surface area contributed by atoms with Gasteiger partial charge in [0.1, 0.15) is 6.23 Å². The van der Waals surface area contributed by atoms with Crippen molar-refractivity contribution in [2.45, 2.75) is 12.6 Å². The molecule has 68 valence electrons. The fourth-order valence-corrected chi connectivity index (χ4v) is 1.12. The summed E-state index contributed by atoms with van der Waals surface area (Å²) in [7, 11) is 0. The summed E-state index contributed by atoms with van der Waals surface area (Å²) in [4.78, 5) is 0. The number of benzene rings is 1. The number of aliphatic hydroxyl groups is 1. The van der Waals surface area contributed by atoms with Crippen molar-refractivity contribution in [1.29, 1.82) is 0 Å². The van der Waals surface area contributed by atoms with Gasteiger partial charge in [-0.25, -0.2) is 0 Å². The summed E-state index contributed by atoms with van der Waals surface area (Å²) in [6.45, 7) is 0. The van der Waals surface area contributed by atoms with Crippen molar-refractivity contribution < 1.29 is 5.11 Å². The molecule has 1 rings (SSSR count). The van der Waals surface area contributed by atoms with E-state index in [1.807, 2.05) is 12.1 Å². The Labute approximate surface area is 82.8 Å². The summed E-state index contributed by atoms with van der Waals surface area (Å²) in [5.41, 5.74) is 6.14. The van der Waals surface area contributed by atoms with Crippen LogP contribution >= 0.6 is 24.0 Å². The molecule has 0 amide bonds. The van der Waals surface area contributed by atoms with E-state index < -0.39 is 6.23 Å². The number of halogens is 2. The number of hydrogen-bond donors (Lipinski definition) is 2. The van der Waals surface area contributed by atoms with E-state index >= 15 is 0 Å². The van der Waals surface area contributed by atoms with Crippen LogP contribution in [-0.4, -0.2) is 11.3 Å². The van der Waals surface area contributed by atoms with Crippen LogP contribution in [0.25, 0.3) is 0 Å². The van der Waals surface area contributed by atoms with E-state index in [0.29, 0.717) is 11.4 Å². The molecule has 0 heterocycles. The second kappa shape index (κ2) is 5.38. The van der Waals surface area contributed by atoms with Gasteiger partial charge in [0, 0.05) is 11.4 Å². The van der Waals surface area contributed by atoms with E-state index in [9.17, 15) is 0 Å². The molecule has 0 saturated heterocycles. The molecule has 2 nitrogen and oxygen atoms in total. The minimum atomic E-state index is -0.798. The summed E-state index contributed by atoms with van der Waals surface area (Å²) < 4.78 is 0. The molecule has 0 spiro atoms. The largest absolute Gasteiger partial charge is 0.378 e. The maximum absolute atomic E-state index is 8.83. The Balaban J connectivity index is 0.00000121. The highest BCUT2D eigenvalue weighted by Crippen LogP contribution is 2.11. The molecule has 3 N–H and O–H groups in total. The molecule has 0 radical (unpaired) electrons. The van der Waals surface area contributed by atoms with Gasteiger partial charge in [-0.2, -0.15) is 0 Å². The van der Waals surface area contributed by atoms with Crippen molar-refractivity contribution in [3.63, 3.8) is 0 Å².